The second-order valence-electron chi connectivity index (χ2n) is 5.62. The highest BCUT2D eigenvalue weighted by atomic mass is 32.2. The molecule has 1 aromatic heterocycles. The highest BCUT2D eigenvalue weighted by molar-refractivity contribution is 7.99. The Morgan fingerprint density at radius 2 is 2.33 bits per heavy atom. The van der Waals surface area contributed by atoms with Crippen molar-refractivity contribution in [3.8, 4) is 0 Å². The number of carbonyl (C=O) groups is 1. The van der Waals surface area contributed by atoms with Crippen molar-refractivity contribution in [1.82, 2.24) is 20.1 Å². The third kappa shape index (κ3) is 4.10. The number of rotatable bonds is 9. The summed E-state index contributed by atoms with van der Waals surface area (Å²) in [4.78, 5) is 23.0. The van der Waals surface area contributed by atoms with Crippen molar-refractivity contribution in [3.63, 3.8) is 0 Å². The predicted octanol–water partition coefficient (Wildman–Crippen LogP) is 1.06. The molecular weight excluding hydrogens is 292 g/mol. The van der Waals surface area contributed by atoms with Crippen molar-refractivity contribution in [2.24, 2.45) is 0 Å². The zero-order chi connectivity index (χ0) is 15.5. The smallest absolute Gasteiger partial charge is 0.343 e. The van der Waals surface area contributed by atoms with E-state index in [0.717, 1.165) is 19.3 Å². The molecule has 1 aliphatic rings. The van der Waals surface area contributed by atoms with Crippen LogP contribution in [0.15, 0.2) is 9.95 Å². The quantitative estimate of drug-likeness (QED) is 0.589. The summed E-state index contributed by atoms with van der Waals surface area (Å²) in [6, 6.07) is 0.333. The summed E-state index contributed by atoms with van der Waals surface area (Å²) in [6.07, 6.45) is 3.43. The number of thioether (sulfide) groups is 1. The molecule has 8 heteroatoms. The number of carboxylic acid groups (broad SMARTS) is 1. The number of aliphatic carboxylic acids is 1. The summed E-state index contributed by atoms with van der Waals surface area (Å²) in [7, 11) is 0. The normalized spacial score (nSPS) is 17.6. The number of hydrogen-bond acceptors (Lipinski definition) is 5. The van der Waals surface area contributed by atoms with E-state index in [2.05, 4.69) is 15.5 Å². The minimum Gasteiger partial charge on any atom is -0.480 e. The summed E-state index contributed by atoms with van der Waals surface area (Å²) >= 11 is 1.42. The molecule has 0 bridgehead atoms. The molecule has 2 rings (SSSR count). The Morgan fingerprint density at radius 3 is 2.90 bits per heavy atom. The van der Waals surface area contributed by atoms with Crippen molar-refractivity contribution in [1.29, 1.82) is 0 Å². The van der Waals surface area contributed by atoms with Gasteiger partial charge in [0.15, 0.2) is 5.16 Å². The van der Waals surface area contributed by atoms with E-state index in [4.69, 9.17) is 0 Å². The first-order chi connectivity index (χ1) is 9.96. The maximum Gasteiger partial charge on any atom is 0.343 e. The first kappa shape index (κ1) is 16.1. The zero-order valence-corrected chi connectivity index (χ0v) is 13.2. The van der Waals surface area contributed by atoms with Crippen LogP contribution in [0.25, 0.3) is 0 Å². The molecule has 1 fully saturated rings. The zero-order valence-electron chi connectivity index (χ0n) is 12.4. The van der Waals surface area contributed by atoms with Gasteiger partial charge in [0.1, 0.15) is 5.54 Å². The first-order valence-electron chi connectivity index (χ1n) is 7.25. The van der Waals surface area contributed by atoms with Crippen LogP contribution in [-0.2, 0) is 11.3 Å². The van der Waals surface area contributed by atoms with Gasteiger partial charge in [0.05, 0.1) is 0 Å². The van der Waals surface area contributed by atoms with Gasteiger partial charge in [-0.05, 0) is 32.6 Å². The molecule has 0 spiro atoms. The van der Waals surface area contributed by atoms with Crippen LogP contribution in [-0.4, -0.2) is 43.2 Å². The number of nitrogens with one attached hydrogen (secondary N) is 2. The molecule has 1 saturated carbocycles. The van der Waals surface area contributed by atoms with E-state index < -0.39 is 11.5 Å². The van der Waals surface area contributed by atoms with Crippen molar-refractivity contribution in [2.45, 2.75) is 62.8 Å². The van der Waals surface area contributed by atoms with Gasteiger partial charge in [-0.2, -0.15) is 0 Å². The fraction of sp³-hybridized carbons (Fsp3) is 0.769. The van der Waals surface area contributed by atoms with Crippen molar-refractivity contribution in [3.05, 3.63) is 10.5 Å². The maximum atomic E-state index is 11.6. The Balaban J connectivity index is 1.93. The number of H-pyrrole nitrogens is 1. The molecule has 1 heterocycles. The SMILES string of the molecule is CCCn1c(SCCC(C)(NC2CC2)C(=O)O)n[nH]c1=O. The Bertz CT molecular complexity index is 552. The monoisotopic (exact) mass is 314 g/mol. The van der Waals surface area contributed by atoms with E-state index in [1.54, 1.807) is 11.5 Å². The van der Waals surface area contributed by atoms with E-state index in [1.807, 2.05) is 6.92 Å². The summed E-state index contributed by atoms with van der Waals surface area (Å²) < 4.78 is 1.59. The van der Waals surface area contributed by atoms with Gasteiger partial charge < -0.3 is 5.11 Å². The molecule has 1 aliphatic carbocycles. The average Bonchev–Trinajstić information content (AvgIpc) is 3.17. The van der Waals surface area contributed by atoms with Crippen molar-refractivity contribution < 1.29 is 9.90 Å². The molecule has 1 unspecified atom stereocenters. The Kier molecular flexibility index (Phi) is 5.10. The predicted molar refractivity (Wildman–Crippen MR) is 80.7 cm³/mol. The number of aromatic amines is 1. The molecule has 0 aromatic carbocycles. The molecule has 1 aromatic rings. The fourth-order valence-electron chi connectivity index (χ4n) is 2.10. The number of carboxylic acids is 1. The number of aromatic nitrogens is 3. The third-order valence-electron chi connectivity index (χ3n) is 3.58. The second-order valence-corrected chi connectivity index (χ2v) is 6.68. The maximum absolute atomic E-state index is 11.6. The largest absolute Gasteiger partial charge is 0.480 e. The van der Waals surface area contributed by atoms with E-state index in [1.165, 1.54) is 11.8 Å². The van der Waals surface area contributed by atoms with Gasteiger partial charge in [0.25, 0.3) is 0 Å². The van der Waals surface area contributed by atoms with E-state index in [-0.39, 0.29) is 5.69 Å². The second kappa shape index (κ2) is 6.65. The molecule has 0 saturated heterocycles. The van der Waals surface area contributed by atoms with Gasteiger partial charge >= 0.3 is 11.7 Å². The summed E-state index contributed by atoms with van der Waals surface area (Å²) in [5.41, 5.74) is -1.13. The van der Waals surface area contributed by atoms with Gasteiger partial charge in [-0.15, -0.1) is 5.10 Å². The highest BCUT2D eigenvalue weighted by Crippen LogP contribution is 2.26. The topological polar surface area (TPSA) is 100 Å². The van der Waals surface area contributed by atoms with Gasteiger partial charge in [0, 0.05) is 18.3 Å². The van der Waals surface area contributed by atoms with Crippen molar-refractivity contribution >= 4 is 17.7 Å². The molecule has 0 amide bonds. The Labute approximate surface area is 127 Å². The van der Waals surface area contributed by atoms with Crippen LogP contribution >= 0.6 is 11.8 Å². The summed E-state index contributed by atoms with van der Waals surface area (Å²) in [6.45, 7) is 4.33. The average molecular weight is 314 g/mol. The molecule has 7 nitrogen and oxygen atoms in total. The highest BCUT2D eigenvalue weighted by Gasteiger charge is 2.38. The first-order valence-corrected chi connectivity index (χ1v) is 8.24. The van der Waals surface area contributed by atoms with Crippen LogP contribution in [0.2, 0.25) is 0 Å². The Hall–Kier alpha value is -1.28. The minimum atomic E-state index is -0.916. The standard InChI is InChI=1S/C13H22N4O3S/c1-3-7-17-11(20)15-16-12(17)21-8-6-13(2,10(18)19)14-9-4-5-9/h9,14H,3-8H2,1-2H3,(H,15,20)(H,18,19). The molecule has 118 valence electrons. The van der Waals surface area contributed by atoms with Crippen LogP contribution in [0, 0.1) is 0 Å². The lowest BCUT2D eigenvalue weighted by Crippen LogP contribution is -2.51. The van der Waals surface area contributed by atoms with Crippen LogP contribution in [0.3, 0.4) is 0 Å². The molecule has 1 atom stereocenters. The molecule has 3 N–H and O–H groups in total. The number of nitrogens with zero attached hydrogens (tertiary/aromatic N) is 2. The van der Waals surface area contributed by atoms with E-state index in [9.17, 15) is 14.7 Å². The third-order valence-corrected chi connectivity index (χ3v) is 4.55. The molecule has 21 heavy (non-hydrogen) atoms. The molecule has 0 aliphatic heterocycles. The van der Waals surface area contributed by atoms with Gasteiger partial charge in [-0.25, -0.2) is 9.89 Å². The Morgan fingerprint density at radius 1 is 1.62 bits per heavy atom. The van der Waals surface area contributed by atoms with Gasteiger partial charge in [-0.3, -0.25) is 14.7 Å². The molecule has 0 radical (unpaired) electrons. The van der Waals surface area contributed by atoms with Crippen LogP contribution in [0.1, 0.15) is 39.5 Å². The lowest BCUT2D eigenvalue weighted by molar-refractivity contribution is -0.144. The molecular formula is C13H22N4O3S. The van der Waals surface area contributed by atoms with Crippen LogP contribution in [0.4, 0.5) is 0 Å². The van der Waals surface area contributed by atoms with Gasteiger partial charge in [0.2, 0.25) is 0 Å². The van der Waals surface area contributed by atoms with Crippen LogP contribution < -0.4 is 11.0 Å². The lowest BCUT2D eigenvalue weighted by atomic mass is 9.99. The van der Waals surface area contributed by atoms with Gasteiger partial charge in [-0.1, -0.05) is 18.7 Å². The van der Waals surface area contributed by atoms with Crippen molar-refractivity contribution in [2.75, 3.05) is 5.75 Å². The van der Waals surface area contributed by atoms with E-state index >= 15 is 0 Å². The minimum absolute atomic E-state index is 0.212. The summed E-state index contributed by atoms with van der Waals surface area (Å²) in [5, 5.41) is 19.6. The number of hydrogen-bond donors (Lipinski definition) is 3. The van der Waals surface area contributed by atoms with E-state index in [0.29, 0.717) is 29.9 Å². The summed E-state index contributed by atoms with van der Waals surface area (Å²) in [5.74, 6) is -0.237. The van der Waals surface area contributed by atoms with Crippen LogP contribution in [0.5, 0.6) is 0 Å². The lowest BCUT2D eigenvalue weighted by Gasteiger charge is -2.26. The fourth-order valence-corrected chi connectivity index (χ4v) is 3.23.